The molecule has 92 valence electrons. The first-order valence-electron chi connectivity index (χ1n) is 6.19. The number of aliphatic hydroxyl groups excluding tert-OH is 1. The number of benzene rings is 1. The van der Waals surface area contributed by atoms with Gasteiger partial charge in [-0.1, -0.05) is 25.0 Å². The molecule has 1 aliphatic rings. The monoisotopic (exact) mass is 233 g/mol. The molecule has 1 aliphatic carbocycles. The first kappa shape index (κ1) is 12.1. The number of carbonyl (C=O) groups excluding carboxylic acids is 1. The summed E-state index contributed by atoms with van der Waals surface area (Å²) in [6.45, 7) is 0. The van der Waals surface area contributed by atoms with Crippen LogP contribution in [0, 0.1) is 0 Å². The minimum absolute atomic E-state index is 0.129. The molecule has 3 heteroatoms. The molecule has 17 heavy (non-hydrogen) atoms. The van der Waals surface area contributed by atoms with Crippen molar-refractivity contribution < 1.29 is 9.90 Å². The normalized spacial score (nSPS) is 24.4. The molecule has 1 fully saturated rings. The number of aliphatic hydroxyl groups is 1. The second-order valence-corrected chi connectivity index (χ2v) is 4.71. The van der Waals surface area contributed by atoms with Gasteiger partial charge in [0.2, 0.25) is 0 Å². The van der Waals surface area contributed by atoms with E-state index in [0.717, 1.165) is 37.7 Å². The number of rotatable bonds is 3. The SMILES string of the molecule is CN(c1ccccc1C=O)C1CCCCC1O. The number of likely N-dealkylation sites (N-methyl/N-ethyl adjacent to an activating group) is 1. The summed E-state index contributed by atoms with van der Waals surface area (Å²) >= 11 is 0. The highest BCUT2D eigenvalue weighted by molar-refractivity contribution is 5.84. The summed E-state index contributed by atoms with van der Waals surface area (Å²) in [5.41, 5.74) is 1.60. The molecule has 0 aliphatic heterocycles. The fourth-order valence-corrected chi connectivity index (χ4v) is 2.63. The van der Waals surface area contributed by atoms with Crippen LogP contribution in [0.4, 0.5) is 5.69 Å². The zero-order valence-electron chi connectivity index (χ0n) is 10.2. The van der Waals surface area contributed by atoms with Gasteiger partial charge in [-0.15, -0.1) is 0 Å². The second kappa shape index (κ2) is 5.32. The van der Waals surface area contributed by atoms with Crippen molar-refractivity contribution in [3.8, 4) is 0 Å². The van der Waals surface area contributed by atoms with Gasteiger partial charge in [-0.3, -0.25) is 4.79 Å². The number of hydrogen-bond donors (Lipinski definition) is 1. The third-order valence-corrected chi connectivity index (χ3v) is 3.64. The van der Waals surface area contributed by atoms with Crippen molar-refractivity contribution in [2.24, 2.45) is 0 Å². The fourth-order valence-electron chi connectivity index (χ4n) is 2.63. The quantitative estimate of drug-likeness (QED) is 0.814. The Kier molecular flexibility index (Phi) is 3.79. The van der Waals surface area contributed by atoms with Crippen molar-refractivity contribution in [1.29, 1.82) is 0 Å². The van der Waals surface area contributed by atoms with Gasteiger partial charge in [-0.05, 0) is 25.0 Å². The molecule has 1 N–H and O–H groups in total. The van der Waals surface area contributed by atoms with Gasteiger partial charge in [-0.25, -0.2) is 0 Å². The van der Waals surface area contributed by atoms with Crippen molar-refractivity contribution >= 4 is 12.0 Å². The standard InChI is InChI=1S/C14H19NO2/c1-15(13-8-4-5-9-14(13)17)12-7-3-2-6-11(12)10-16/h2-3,6-7,10,13-14,17H,4-5,8-9H2,1H3. The Balaban J connectivity index is 2.23. The predicted octanol–water partition coefficient (Wildman–Crippen LogP) is 2.24. The predicted molar refractivity (Wildman–Crippen MR) is 68.5 cm³/mol. The van der Waals surface area contributed by atoms with Crippen molar-refractivity contribution in [2.45, 2.75) is 37.8 Å². The molecule has 0 spiro atoms. The van der Waals surface area contributed by atoms with Gasteiger partial charge in [0.15, 0.2) is 6.29 Å². The molecule has 0 radical (unpaired) electrons. The van der Waals surface area contributed by atoms with Gasteiger partial charge >= 0.3 is 0 Å². The molecule has 0 saturated heterocycles. The molecule has 0 heterocycles. The fraction of sp³-hybridized carbons (Fsp3) is 0.500. The average molecular weight is 233 g/mol. The Morgan fingerprint density at radius 1 is 1.29 bits per heavy atom. The van der Waals surface area contributed by atoms with E-state index in [1.165, 1.54) is 0 Å². The number of carbonyl (C=O) groups is 1. The summed E-state index contributed by atoms with van der Waals surface area (Å²) in [6, 6.07) is 7.66. The van der Waals surface area contributed by atoms with Crippen molar-refractivity contribution in [1.82, 2.24) is 0 Å². The molecule has 2 rings (SSSR count). The molecule has 2 unspecified atom stereocenters. The van der Waals surface area contributed by atoms with E-state index in [-0.39, 0.29) is 12.1 Å². The topological polar surface area (TPSA) is 40.5 Å². The zero-order chi connectivity index (χ0) is 12.3. The number of nitrogens with zero attached hydrogens (tertiary/aromatic N) is 1. The summed E-state index contributed by atoms with van der Waals surface area (Å²) in [5, 5.41) is 10.0. The third kappa shape index (κ3) is 2.50. The maximum atomic E-state index is 11.0. The van der Waals surface area contributed by atoms with E-state index in [1.54, 1.807) is 0 Å². The summed E-state index contributed by atoms with van der Waals surface area (Å²) in [5.74, 6) is 0. The lowest BCUT2D eigenvalue weighted by atomic mass is 9.91. The highest BCUT2D eigenvalue weighted by Crippen LogP contribution is 2.28. The van der Waals surface area contributed by atoms with Crippen LogP contribution in [0.3, 0.4) is 0 Å². The van der Waals surface area contributed by atoms with E-state index in [2.05, 4.69) is 0 Å². The van der Waals surface area contributed by atoms with Crippen LogP contribution in [0.15, 0.2) is 24.3 Å². The molecular weight excluding hydrogens is 214 g/mol. The van der Waals surface area contributed by atoms with E-state index in [0.29, 0.717) is 5.56 Å². The number of anilines is 1. The zero-order valence-corrected chi connectivity index (χ0v) is 10.2. The smallest absolute Gasteiger partial charge is 0.152 e. The maximum absolute atomic E-state index is 11.0. The second-order valence-electron chi connectivity index (χ2n) is 4.71. The van der Waals surface area contributed by atoms with Crippen molar-refractivity contribution in [3.63, 3.8) is 0 Å². The molecule has 1 aromatic rings. The first-order valence-corrected chi connectivity index (χ1v) is 6.19. The summed E-state index contributed by atoms with van der Waals surface area (Å²) in [4.78, 5) is 13.1. The summed E-state index contributed by atoms with van der Waals surface area (Å²) < 4.78 is 0. The van der Waals surface area contributed by atoms with Crippen LogP contribution in [-0.2, 0) is 0 Å². The van der Waals surface area contributed by atoms with E-state index in [9.17, 15) is 9.90 Å². The molecule has 0 aromatic heterocycles. The van der Waals surface area contributed by atoms with Crippen LogP contribution in [0.5, 0.6) is 0 Å². The lowest BCUT2D eigenvalue weighted by Gasteiger charge is -2.37. The van der Waals surface area contributed by atoms with Crippen LogP contribution < -0.4 is 4.90 Å². The lowest BCUT2D eigenvalue weighted by molar-refractivity contribution is 0.105. The van der Waals surface area contributed by atoms with Crippen LogP contribution in [-0.4, -0.2) is 30.6 Å². The minimum Gasteiger partial charge on any atom is -0.391 e. The molecule has 2 atom stereocenters. The lowest BCUT2D eigenvalue weighted by Crippen LogP contribution is -2.43. The van der Waals surface area contributed by atoms with Gasteiger partial charge in [0.05, 0.1) is 12.1 Å². The van der Waals surface area contributed by atoms with Gasteiger partial charge in [0.25, 0.3) is 0 Å². The van der Waals surface area contributed by atoms with Gasteiger partial charge < -0.3 is 10.0 Å². The Morgan fingerprint density at radius 2 is 2.00 bits per heavy atom. The average Bonchev–Trinajstić information content (AvgIpc) is 2.38. The van der Waals surface area contributed by atoms with Gasteiger partial charge in [-0.2, -0.15) is 0 Å². The van der Waals surface area contributed by atoms with Gasteiger partial charge in [0, 0.05) is 18.3 Å². The Morgan fingerprint density at radius 3 is 2.71 bits per heavy atom. The van der Waals surface area contributed by atoms with Crippen molar-refractivity contribution in [3.05, 3.63) is 29.8 Å². The highest BCUT2D eigenvalue weighted by atomic mass is 16.3. The Labute approximate surface area is 102 Å². The maximum Gasteiger partial charge on any atom is 0.152 e. The van der Waals surface area contributed by atoms with Crippen LogP contribution in [0.25, 0.3) is 0 Å². The Hall–Kier alpha value is -1.35. The molecular formula is C14H19NO2. The number of aldehydes is 1. The van der Waals surface area contributed by atoms with Gasteiger partial charge in [0.1, 0.15) is 0 Å². The molecule has 3 nitrogen and oxygen atoms in total. The summed E-state index contributed by atoms with van der Waals surface area (Å²) in [7, 11) is 1.96. The van der Waals surface area contributed by atoms with E-state index >= 15 is 0 Å². The number of para-hydroxylation sites is 1. The van der Waals surface area contributed by atoms with Crippen LogP contribution in [0.2, 0.25) is 0 Å². The minimum atomic E-state index is -0.284. The van der Waals surface area contributed by atoms with Crippen LogP contribution in [0.1, 0.15) is 36.0 Å². The first-order chi connectivity index (χ1) is 8.24. The van der Waals surface area contributed by atoms with E-state index in [1.807, 2.05) is 36.2 Å². The Bertz CT molecular complexity index is 392. The van der Waals surface area contributed by atoms with E-state index in [4.69, 9.17) is 0 Å². The molecule has 1 aromatic carbocycles. The van der Waals surface area contributed by atoms with Crippen LogP contribution >= 0.6 is 0 Å². The third-order valence-electron chi connectivity index (χ3n) is 3.64. The number of hydrogen-bond acceptors (Lipinski definition) is 3. The highest BCUT2D eigenvalue weighted by Gasteiger charge is 2.27. The molecule has 0 amide bonds. The largest absolute Gasteiger partial charge is 0.391 e. The summed E-state index contributed by atoms with van der Waals surface area (Å²) in [6.07, 6.45) is 4.69. The molecule has 0 bridgehead atoms. The molecule has 1 saturated carbocycles. The van der Waals surface area contributed by atoms with Crippen molar-refractivity contribution in [2.75, 3.05) is 11.9 Å². The van der Waals surface area contributed by atoms with E-state index < -0.39 is 0 Å².